The van der Waals surface area contributed by atoms with Gasteiger partial charge in [-0.3, -0.25) is 10.1 Å². The van der Waals surface area contributed by atoms with Crippen molar-refractivity contribution in [3.63, 3.8) is 0 Å². The largest absolute Gasteiger partial charge is 0.338 e. The van der Waals surface area contributed by atoms with Crippen LogP contribution in [0.2, 0.25) is 0 Å². The first-order valence-corrected chi connectivity index (χ1v) is 8.83. The van der Waals surface area contributed by atoms with Crippen LogP contribution in [-0.4, -0.2) is 31.4 Å². The Morgan fingerprint density at radius 2 is 2.20 bits per heavy atom. The van der Waals surface area contributed by atoms with Crippen LogP contribution in [0.1, 0.15) is 12.0 Å². The number of H-pyrrole nitrogens is 1. The number of aryl methyl sites for hydroxylation is 1. The van der Waals surface area contributed by atoms with Gasteiger partial charge in [0, 0.05) is 17.3 Å². The molecule has 2 N–H and O–H groups in total. The summed E-state index contributed by atoms with van der Waals surface area (Å²) in [6.07, 6.45) is 5.68. The number of nitrogens with zero attached hydrogens (tertiary/aromatic N) is 5. The molecule has 4 aromatic rings. The number of rotatable bonds is 3. The minimum absolute atomic E-state index is 0.577. The maximum atomic E-state index is 4.64. The molecule has 0 unspecified atom stereocenters. The monoisotopic (exact) mass is 347 g/mol. The van der Waals surface area contributed by atoms with Crippen LogP contribution in [-0.2, 0) is 6.42 Å². The summed E-state index contributed by atoms with van der Waals surface area (Å²) < 4.78 is 0. The zero-order chi connectivity index (χ0) is 16.6. The van der Waals surface area contributed by atoms with Gasteiger partial charge in [-0.05, 0) is 30.5 Å². The third kappa shape index (κ3) is 2.56. The zero-order valence-electron chi connectivity index (χ0n) is 13.1. The number of benzene rings is 1. The Hall–Kier alpha value is -3.13. The van der Waals surface area contributed by atoms with E-state index in [1.165, 1.54) is 16.9 Å². The summed E-state index contributed by atoms with van der Waals surface area (Å²) in [5.41, 5.74) is 7.24. The lowest BCUT2D eigenvalue weighted by Gasteiger charge is -2.13. The van der Waals surface area contributed by atoms with E-state index in [0.29, 0.717) is 11.6 Å². The highest BCUT2D eigenvalue weighted by Crippen LogP contribution is 2.30. The molecule has 7 nitrogen and oxygen atoms in total. The van der Waals surface area contributed by atoms with Crippen molar-refractivity contribution in [2.24, 2.45) is 4.99 Å². The van der Waals surface area contributed by atoms with Gasteiger partial charge in [-0.15, -0.1) is 11.3 Å². The first-order valence-electron chi connectivity index (χ1n) is 7.89. The van der Waals surface area contributed by atoms with Gasteiger partial charge >= 0.3 is 0 Å². The molecule has 1 aliphatic rings. The van der Waals surface area contributed by atoms with Gasteiger partial charge in [-0.1, -0.05) is 6.07 Å². The van der Waals surface area contributed by atoms with Crippen molar-refractivity contribution in [2.45, 2.75) is 12.8 Å². The van der Waals surface area contributed by atoms with Gasteiger partial charge in [-0.2, -0.15) is 5.10 Å². The van der Waals surface area contributed by atoms with E-state index in [0.717, 1.165) is 40.9 Å². The summed E-state index contributed by atoms with van der Waals surface area (Å²) in [7, 11) is 0. The number of aromatic amines is 1. The second-order valence-corrected chi connectivity index (χ2v) is 6.44. The lowest BCUT2D eigenvalue weighted by Crippen LogP contribution is -2.00. The standard InChI is InChI=1S/C17H13N7S/c1-2-10-3-4-11(6-12(10)18-5-1)21-17-15-13(7-20-24-15)22-16(23-17)14-8-25-9-19-14/h3-9H,1-2H2,(H,20,24)(H,21,22,23). The van der Waals surface area contributed by atoms with Crippen molar-refractivity contribution in [1.29, 1.82) is 0 Å². The fourth-order valence-corrected chi connectivity index (χ4v) is 3.39. The first kappa shape index (κ1) is 14.2. The number of hydrogen-bond donors (Lipinski definition) is 2. The SMILES string of the molecule is C1=Nc2cc(Nc3nc(-c4cscn4)nc4cn[nH]c34)ccc2CC1. The van der Waals surface area contributed by atoms with E-state index in [1.807, 2.05) is 23.7 Å². The second-order valence-electron chi connectivity index (χ2n) is 5.72. The van der Waals surface area contributed by atoms with E-state index >= 15 is 0 Å². The molecule has 1 aliphatic heterocycles. The molecule has 3 aromatic heterocycles. The molecule has 0 fully saturated rings. The molecule has 8 heteroatoms. The highest BCUT2D eigenvalue weighted by Gasteiger charge is 2.13. The van der Waals surface area contributed by atoms with Crippen molar-refractivity contribution in [3.05, 3.63) is 40.8 Å². The van der Waals surface area contributed by atoms with Crippen LogP contribution in [0.25, 0.3) is 22.6 Å². The number of anilines is 2. The lowest BCUT2D eigenvalue weighted by molar-refractivity contribution is 1.03. The van der Waals surface area contributed by atoms with Crippen LogP contribution in [0.15, 0.2) is 40.3 Å². The lowest BCUT2D eigenvalue weighted by atomic mass is 10.1. The van der Waals surface area contributed by atoms with E-state index in [2.05, 4.69) is 41.5 Å². The van der Waals surface area contributed by atoms with Crippen LogP contribution in [0.3, 0.4) is 0 Å². The van der Waals surface area contributed by atoms with Crippen molar-refractivity contribution in [3.8, 4) is 11.5 Å². The number of aromatic nitrogens is 5. The van der Waals surface area contributed by atoms with Crippen molar-refractivity contribution >= 4 is 45.8 Å². The van der Waals surface area contributed by atoms with Gasteiger partial charge in [0.1, 0.15) is 16.7 Å². The average Bonchev–Trinajstić information content (AvgIpc) is 3.33. The molecule has 0 saturated carbocycles. The molecular weight excluding hydrogens is 334 g/mol. The molecule has 122 valence electrons. The fraction of sp³-hybridized carbons (Fsp3) is 0.118. The van der Waals surface area contributed by atoms with E-state index in [4.69, 9.17) is 0 Å². The Bertz CT molecular complexity index is 1080. The van der Waals surface area contributed by atoms with Gasteiger partial charge in [0.05, 0.1) is 17.4 Å². The summed E-state index contributed by atoms with van der Waals surface area (Å²) in [5, 5.41) is 12.3. The van der Waals surface area contributed by atoms with Crippen molar-refractivity contribution in [1.82, 2.24) is 25.1 Å². The Labute approximate surface area is 146 Å². The number of hydrogen-bond acceptors (Lipinski definition) is 7. The number of nitrogens with one attached hydrogen (secondary N) is 2. The molecule has 25 heavy (non-hydrogen) atoms. The molecule has 1 aromatic carbocycles. The maximum Gasteiger partial charge on any atom is 0.181 e. The molecule has 0 radical (unpaired) electrons. The minimum atomic E-state index is 0.577. The van der Waals surface area contributed by atoms with Crippen LogP contribution >= 0.6 is 11.3 Å². The van der Waals surface area contributed by atoms with Gasteiger partial charge in [0.15, 0.2) is 11.6 Å². The first-order chi connectivity index (χ1) is 12.4. The molecule has 0 aliphatic carbocycles. The molecular formula is C17H13N7S. The normalized spacial score (nSPS) is 13.1. The molecule has 5 rings (SSSR count). The maximum absolute atomic E-state index is 4.64. The third-order valence-electron chi connectivity index (χ3n) is 4.08. The van der Waals surface area contributed by atoms with Gasteiger partial charge in [-0.25, -0.2) is 15.0 Å². The van der Waals surface area contributed by atoms with Crippen LogP contribution < -0.4 is 5.32 Å². The van der Waals surface area contributed by atoms with Crippen LogP contribution in [0.5, 0.6) is 0 Å². The molecule has 4 heterocycles. The fourth-order valence-electron chi connectivity index (χ4n) is 2.86. The highest BCUT2D eigenvalue weighted by molar-refractivity contribution is 7.07. The van der Waals surface area contributed by atoms with Crippen LogP contribution in [0.4, 0.5) is 17.2 Å². The summed E-state index contributed by atoms with van der Waals surface area (Å²) in [4.78, 5) is 17.9. The Kier molecular flexibility index (Phi) is 3.27. The zero-order valence-corrected chi connectivity index (χ0v) is 13.9. The topological polar surface area (TPSA) is 91.7 Å². The van der Waals surface area contributed by atoms with Gasteiger partial charge in [0.2, 0.25) is 0 Å². The Balaban J connectivity index is 1.58. The summed E-state index contributed by atoms with van der Waals surface area (Å²) in [6.45, 7) is 0. The Morgan fingerprint density at radius 3 is 3.12 bits per heavy atom. The van der Waals surface area contributed by atoms with E-state index in [-0.39, 0.29) is 0 Å². The van der Waals surface area contributed by atoms with Crippen molar-refractivity contribution in [2.75, 3.05) is 5.32 Å². The molecule has 0 spiro atoms. The predicted molar refractivity (Wildman–Crippen MR) is 99.0 cm³/mol. The smallest absolute Gasteiger partial charge is 0.181 e. The number of thiazole rings is 1. The van der Waals surface area contributed by atoms with Crippen LogP contribution in [0, 0.1) is 0 Å². The van der Waals surface area contributed by atoms with E-state index in [1.54, 1.807) is 11.7 Å². The minimum Gasteiger partial charge on any atom is -0.338 e. The second kappa shape index (κ2) is 5.75. The third-order valence-corrected chi connectivity index (χ3v) is 4.67. The summed E-state index contributed by atoms with van der Waals surface area (Å²) >= 11 is 1.52. The number of aliphatic imine (C=N–C) groups is 1. The Morgan fingerprint density at radius 1 is 1.20 bits per heavy atom. The molecule has 0 amide bonds. The summed E-state index contributed by atoms with van der Waals surface area (Å²) in [6, 6.07) is 6.20. The number of fused-ring (bicyclic) bond motifs is 2. The highest BCUT2D eigenvalue weighted by atomic mass is 32.1. The summed E-state index contributed by atoms with van der Waals surface area (Å²) in [5.74, 6) is 1.25. The van der Waals surface area contributed by atoms with Crippen molar-refractivity contribution < 1.29 is 0 Å². The van der Waals surface area contributed by atoms with Gasteiger partial charge in [0.25, 0.3) is 0 Å². The molecule has 0 saturated heterocycles. The quantitative estimate of drug-likeness (QED) is 0.587. The predicted octanol–water partition coefficient (Wildman–Crippen LogP) is 3.87. The van der Waals surface area contributed by atoms with E-state index in [9.17, 15) is 0 Å². The molecule has 0 atom stereocenters. The average molecular weight is 347 g/mol. The molecule has 0 bridgehead atoms. The van der Waals surface area contributed by atoms with Gasteiger partial charge < -0.3 is 5.32 Å². The van der Waals surface area contributed by atoms with E-state index < -0.39 is 0 Å².